The molecule has 8 heteroatoms. The number of sulfonamides is 1. The lowest BCUT2D eigenvalue weighted by atomic mass is 10.2. The first-order valence-electron chi connectivity index (χ1n) is 7.13. The van der Waals surface area contributed by atoms with Gasteiger partial charge in [0.05, 0.1) is 19.4 Å². The Hall–Kier alpha value is -2.58. The van der Waals surface area contributed by atoms with Crippen molar-refractivity contribution in [3.05, 3.63) is 65.5 Å². The number of amidine groups is 1. The van der Waals surface area contributed by atoms with Gasteiger partial charge in [-0.3, -0.25) is 0 Å². The Bertz CT molecular complexity index is 908. The van der Waals surface area contributed by atoms with Gasteiger partial charge in [-0.25, -0.2) is 9.40 Å². The lowest BCUT2D eigenvalue weighted by Crippen LogP contribution is -2.28. The molecule has 1 aliphatic heterocycles. The number of aliphatic hydroxyl groups excluding tert-OH is 1. The molecule has 3 rings (SSSR count). The maximum absolute atomic E-state index is 12.9. The summed E-state index contributed by atoms with van der Waals surface area (Å²) < 4.78 is 40.9. The molecule has 0 radical (unpaired) electrons. The number of fused-ring (bicyclic) bond motifs is 1. The molecule has 1 aliphatic rings. The predicted molar refractivity (Wildman–Crippen MR) is 88.0 cm³/mol. The van der Waals surface area contributed by atoms with Crippen molar-refractivity contribution in [3.8, 4) is 0 Å². The van der Waals surface area contributed by atoms with Crippen molar-refractivity contribution in [1.29, 1.82) is 0 Å². The van der Waals surface area contributed by atoms with E-state index in [2.05, 4.69) is 9.50 Å². The largest absolute Gasteiger partial charge is 0.394 e. The second kappa shape index (κ2) is 6.50. The Labute approximate surface area is 138 Å². The van der Waals surface area contributed by atoms with Gasteiger partial charge in [-0.05, 0) is 29.8 Å². The van der Waals surface area contributed by atoms with Crippen LogP contribution < -0.4 is 0 Å². The fourth-order valence-electron chi connectivity index (χ4n) is 2.27. The fourth-order valence-corrected chi connectivity index (χ4v) is 3.48. The van der Waals surface area contributed by atoms with Crippen molar-refractivity contribution in [2.24, 2.45) is 9.50 Å². The number of halogens is 1. The van der Waals surface area contributed by atoms with Crippen LogP contribution in [0.3, 0.4) is 0 Å². The molecule has 0 bridgehead atoms. The standard InChI is InChI=1S/C16H14FN3O3S/c17-13-7-5-12(6-8-13)11-18-20(9-10-21)16-14-3-1-2-4-15(14)24(22,23)19-16/h1-8,11,21H,9-10H2. The molecule has 0 spiro atoms. The van der Waals surface area contributed by atoms with Crippen LogP contribution in [0.2, 0.25) is 0 Å². The van der Waals surface area contributed by atoms with Gasteiger partial charge >= 0.3 is 0 Å². The van der Waals surface area contributed by atoms with Crippen LogP contribution >= 0.6 is 0 Å². The average Bonchev–Trinajstić information content (AvgIpc) is 2.85. The van der Waals surface area contributed by atoms with Crippen molar-refractivity contribution >= 4 is 22.1 Å². The van der Waals surface area contributed by atoms with Crippen LogP contribution in [0.4, 0.5) is 4.39 Å². The van der Waals surface area contributed by atoms with Crippen LogP contribution in [0.15, 0.2) is 62.9 Å². The lowest BCUT2D eigenvalue weighted by Gasteiger charge is -2.17. The first-order chi connectivity index (χ1) is 11.5. The first-order valence-corrected chi connectivity index (χ1v) is 8.57. The fraction of sp³-hybridized carbons (Fsp3) is 0.125. The van der Waals surface area contributed by atoms with E-state index < -0.39 is 10.0 Å². The summed E-state index contributed by atoms with van der Waals surface area (Å²) in [5, 5.41) is 14.7. The van der Waals surface area contributed by atoms with Crippen LogP contribution in [-0.4, -0.2) is 43.7 Å². The molecular formula is C16H14FN3O3S. The smallest absolute Gasteiger partial charge is 0.285 e. The molecule has 0 saturated carbocycles. The minimum Gasteiger partial charge on any atom is -0.394 e. The molecule has 6 nitrogen and oxygen atoms in total. The third kappa shape index (κ3) is 3.19. The van der Waals surface area contributed by atoms with Gasteiger partial charge in [-0.2, -0.15) is 13.5 Å². The minimum absolute atomic E-state index is 0.0698. The number of nitrogens with zero attached hydrogens (tertiary/aromatic N) is 3. The highest BCUT2D eigenvalue weighted by atomic mass is 32.2. The van der Waals surface area contributed by atoms with E-state index >= 15 is 0 Å². The summed E-state index contributed by atoms with van der Waals surface area (Å²) in [6.07, 6.45) is 1.45. The summed E-state index contributed by atoms with van der Waals surface area (Å²) in [5.74, 6) is -0.211. The Balaban J connectivity index is 1.96. The van der Waals surface area contributed by atoms with Gasteiger partial charge in [0.15, 0.2) is 5.84 Å². The van der Waals surface area contributed by atoms with E-state index in [1.165, 1.54) is 41.6 Å². The lowest BCUT2D eigenvalue weighted by molar-refractivity contribution is 0.254. The minimum atomic E-state index is -3.77. The highest BCUT2D eigenvalue weighted by Gasteiger charge is 2.31. The molecular weight excluding hydrogens is 333 g/mol. The maximum atomic E-state index is 12.9. The zero-order valence-corrected chi connectivity index (χ0v) is 13.3. The average molecular weight is 347 g/mol. The van der Waals surface area contributed by atoms with Crippen LogP contribution in [0.1, 0.15) is 11.1 Å². The molecule has 0 saturated heterocycles. The second-order valence-corrected chi connectivity index (χ2v) is 6.60. The molecule has 0 aliphatic carbocycles. The number of hydrazone groups is 1. The topological polar surface area (TPSA) is 82.3 Å². The van der Waals surface area contributed by atoms with Crippen LogP contribution in [-0.2, 0) is 10.0 Å². The van der Waals surface area contributed by atoms with Crippen LogP contribution in [0.25, 0.3) is 0 Å². The van der Waals surface area contributed by atoms with E-state index in [1.807, 2.05) is 0 Å². The molecule has 0 amide bonds. The zero-order chi connectivity index (χ0) is 17.2. The molecule has 124 valence electrons. The van der Waals surface area contributed by atoms with Crippen molar-refractivity contribution in [2.45, 2.75) is 4.90 Å². The highest BCUT2D eigenvalue weighted by molar-refractivity contribution is 7.90. The normalized spacial score (nSPS) is 15.3. The summed E-state index contributed by atoms with van der Waals surface area (Å²) in [5.41, 5.74) is 1.07. The number of aliphatic hydroxyl groups is 1. The molecule has 0 aromatic heterocycles. The summed E-state index contributed by atoms with van der Waals surface area (Å²) in [6.45, 7) is -0.164. The second-order valence-electron chi connectivity index (χ2n) is 5.03. The van der Waals surface area contributed by atoms with Crippen molar-refractivity contribution in [1.82, 2.24) is 5.01 Å². The van der Waals surface area contributed by atoms with Gasteiger partial charge in [0.1, 0.15) is 10.7 Å². The molecule has 2 aromatic rings. The van der Waals surface area contributed by atoms with Gasteiger partial charge in [-0.1, -0.05) is 24.3 Å². The van der Waals surface area contributed by atoms with Crippen molar-refractivity contribution in [2.75, 3.05) is 13.2 Å². The summed E-state index contributed by atoms with van der Waals surface area (Å²) in [4.78, 5) is 0.111. The highest BCUT2D eigenvalue weighted by Crippen LogP contribution is 2.27. The molecule has 0 atom stereocenters. The Morgan fingerprint density at radius 1 is 1.17 bits per heavy atom. The summed E-state index contributed by atoms with van der Waals surface area (Å²) >= 11 is 0. The van der Waals surface area contributed by atoms with E-state index in [9.17, 15) is 17.9 Å². The van der Waals surface area contributed by atoms with E-state index in [0.717, 1.165) is 0 Å². The van der Waals surface area contributed by atoms with Gasteiger partial charge in [0.25, 0.3) is 10.0 Å². The Morgan fingerprint density at radius 3 is 2.58 bits per heavy atom. The molecule has 24 heavy (non-hydrogen) atoms. The zero-order valence-electron chi connectivity index (χ0n) is 12.5. The van der Waals surface area contributed by atoms with Crippen LogP contribution in [0, 0.1) is 5.82 Å². The van der Waals surface area contributed by atoms with Gasteiger partial charge in [0, 0.05) is 5.56 Å². The van der Waals surface area contributed by atoms with Crippen LogP contribution in [0.5, 0.6) is 0 Å². The molecule has 1 heterocycles. The number of hydrogen-bond donors (Lipinski definition) is 1. The van der Waals surface area contributed by atoms with Gasteiger partial charge < -0.3 is 5.11 Å². The number of rotatable bonds is 4. The Morgan fingerprint density at radius 2 is 1.88 bits per heavy atom. The number of benzene rings is 2. The third-order valence-corrected chi connectivity index (χ3v) is 4.71. The monoisotopic (exact) mass is 347 g/mol. The van der Waals surface area contributed by atoms with E-state index in [4.69, 9.17) is 0 Å². The van der Waals surface area contributed by atoms with Gasteiger partial charge in [0.2, 0.25) is 0 Å². The first kappa shape index (κ1) is 16.3. The van der Waals surface area contributed by atoms with E-state index in [0.29, 0.717) is 11.1 Å². The maximum Gasteiger partial charge on any atom is 0.285 e. The third-order valence-electron chi connectivity index (χ3n) is 3.39. The SMILES string of the molecule is O=S1(=O)N=C(N(CCO)N=Cc2ccc(F)cc2)c2ccccc21. The van der Waals surface area contributed by atoms with Gasteiger partial charge in [-0.15, -0.1) is 4.40 Å². The van der Waals surface area contributed by atoms with Crippen molar-refractivity contribution < 1.29 is 17.9 Å². The molecule has 0 fully saturated rings. The van der Waals surface area contributed by atoms with E-state index in [-0.39, 0.29) is 29.7 Å². The predicted octanol–water partition coefficient (Wildman–Crippen LogP) is 1.60. The quantitative estimate of drug-likeness (QED) is 0.673. The molecule has 0 unspecified atom stereocenters. The Kier molecular flexibility index (Phi) is 4.41. The summed E-state index contributed by atoms with van der Waals surface area (Å²) in [7, 11) is -3.77. The number of hydrogen-bond acceptors (Lipinski definition) is 5. The van der Waals surface area contributed by atoms with E-state index in [1.54, 1.807) is 18.2 Å². The summed E-state index contributed by atoms with van der Waals surface area (Å²) in [6, 6.07) is 12.1. The molecule has 1 N–H and O–H groups in total. The molecule has 2 aromatic carbocycles. The van der Waals surface area contributed by atoms with Crippen molar-refractivity contribution in [3.63, 3.8) is 0 Å².